The fourth-order valence-electron chi connectivity index (χ4n) is 2.84. The number of hydrogen-bond acceptors (Lipinski definition) is 5. The van der Waals surface area contributed by atoms with Crippen LogP contribution < -0.4 is 0 Å². The predicted molar refractivity (Wildman–Crippen MR) is 137 cm³/mol. The van der Waals surface area contributed by atoms with E-state index in [1.54, 1.807) is 0 Å². The Morgan fingerprint density at radius 1 is 0.743 bits per heavy atom. The van der Waals surface area contributed by atoms with Crippen molar-refractivity contribution in [1.29, 1.82) is 0 Å². The molecule has 0 fully saturated rings. The molecule has 1 N–H and O–H groups in total. The van der Waals surface area contributed by atoms with Gasteiger partial charge in [-0.25, -0.2) is 4.79 Å². The maximum atomic E-state index is 11.9. The second-order valence-corrected chi connectivity index (χ2v) is 7.57. The summed E-state index contributed by atoms with van der Waals surface area (Å²) < 4.78 is 10.0. The van der Waals surface area contributed by atoms with E-state index in [9.17, 15) is 14.7 Å². The fourth-order valence-corrected chi connectivity index (χ4v) is 2.84. The molecule has 1 atom stereocenters. The molecule has 0 saturated heterocycles. The van der Waals surface area contributed by atoms with Crippen LogP contribution in [0.5, 0.6) is 0 Å². The molecule has 0 saturated carbocycles. The van der Waals surface area contributed by atoms with E-state index in [-0.39, 0.29) is 13.0 Å². The van der Waals surface area contributed by atoms with Gasteiger partial charge in [0.25, 0.3) is 0 Å². The molecule has 0 aromatic heterocycles. The number of aliphatic hydroxyl groups excluding tert-OH is 1. The minimum atomic E-state index is -0.922. The summed E-state index contributed by atoms with van der Waals surface area (Å²) in [6.45, 7) is 1.49. The maximum absolute atomic E-state index is 11.9. The van der Waals surface area contributed by atoms with Gasteiger partial charge in [-0.1, -0.05) is 71.1 Å². The average molecular weight is 475 g/mol. The average Bonchev–Trinajstić information content (AvgIpc) is 2.86. The van der Waals surface area contributed by atoms with Gasteiger partial charge < -0.3 is 14.6 Å². The zero-order chi connectivity index (χ0) is 25.8. The van der Waals surface area contributed by atoms with Crippen LogP contribution in [0.4, 0.5) is 0 Å². The van der Waals surface area contributed by atoms with Crippen LogP contribution in [0, 0.1) is 71.5 Å². The maximum Gasteiger partial charge on any atom is 0.385 e. The zero-order valence-corrected chi connectivity index (χ0v) is 20.6. The first-order chi connectivity index (χ1) is 17.1. The summed E-state index contributed by atoms with van der Waals surface area (Å²) in [7, 11) is 0. The lowest BCUT2D eigenvalue weighted by Gasteiger charge is -2.14. The summed E-state index contributed by atoms with van der Waals surface area (Å²) in [6, 6.07) is 0. The van der Waals surface area contributed by atoms with Gasteiger partial charge in [-0.2, -0.15) is 0 Å². The lowest BCUT2D eigenvalue weighted by molar-refractivity contribution is -0.159. The standard InChI is InChI=1S/C30H34O5/c1-3-5-7-9-11-13-15-17-19-21-23-25-30(33)35-28(26-31)27-34-29(32)24-22-20-18-16-14-12-10-8-6-4-2/h2,28,31H,3,5,7,9,11,13,15,17,19,21,23,25-27H2,1H3/t28-/m1/s1. The van der Waals surface area contributed by atoms with Gasteiger partial charge in [-0.05, 0) is 65.6 Å². The first kappa shape index (κ1) is 31.3. The number of terminal acetylenes is 1. The zero-order valence-electron chi connectivity index (χ0n) is 20.6. The second-order valence-electron chi connectivity index (χ2n) is 7.57. The predicted octanol–water partition coefficient (Wildman–Crippen LogP) is 3.79. The highest BCUT2D eigenvalue weighted by molar-refractivity contribution is 5.89. The van der Waals surface area contributed by atoms with E-state index in [0.29, 0.717) is 0 Å². The molecule has 0 heterocycles. The molecule has 0 aromatic carbocycles. The third-order valence-electron chi connectivity index (χ3n) is 4.62. The SMILES string of the molecule is C#CC#CC#CC#CC#CC#CC(=O)OC[C@@H](CO)OC(=O)CCCCCCCCCCCCC. The van der Waals surface area contributed by atoms with Crippen LogP contribution in [0.1, 0.15) is 84.0 Å². The molecule has 0 aliphatic carbocycles. The number of carbonyl (C=O) groups excluding carboxylic acids is 2. The molecule has 0 aliphatic rings. The van der Waals surface area contributed by atoms with Crippen molar-refractivity contribution in [2.24, 2.45) is 0 Å². The normalized spacial score (nSPS) is 9.40. The highest BCUT2D eigenvalue weighted by atomic mass is 16.6. The van der Waals surface area contributed by atoms with E-state index in [4.69, 9.17) is 15.9 Å². The first-order valence-corrected chi connectivity index (χ1v) is 12.1. The van der Waals surface area contributed by atoms with Gasteiger partial charge in [-0.15, -0.1) is 6.42 Å². The van der Waals surface area contributed by atoms with E-state index in [1.807, 2.05) is 0 Å². The van der Waals surface area contributed by atoms with E-state index < -0.39 is 24.6 Å². The smallest absolute Gasteiger partial charge is 0.385 e. The summed E-state index contributed by atoms with van der Waals surface area (Å²) in [4.78, 5) is 23.5. The van der Waals surface area contributed by atoms with Crippen molar-refractivity contribution >= 4 is 11.9 Å². The van der Waals surface area contributed by atoms with Crippen LogP contribution in [0.2, 0.25) is 0 Å². The summed E-state index contributed by atoms with van der Waals surface area (Å²) in [5.41, 5.74) is 0. The van der Waals surface area contributed by atoms with Gasteiger partial charge in [0.2, 0.25) is 0 Å². The number of esters is 2. The number of rotatable bonds is 16. The molecule has 184 valence electrons. The third kappa shape index (κ3) is 23.2. The number of hydrogen-bond donors (Lipinski definition) is 1. The first-order valence-electron chi connectivity index (χ1n) is 12.1. The van der Waals surface area contributed by atoms with E-state index >= 15 is 0 Å². The second kappa shape index (κ2) is 24.9. The highest BCUT2D eigenvalue weighted by Gasteiger charge is 2.15. The Kier molecular flexibility index (Phi) is 22.2. The van der Waals surface area contributed by atoms with Crippen LogP contribution in [-0.4, -0.2) is 36.4 Å². The number of carbonyl (C=O) groups is 2. The van der Waals surface area contributed by atoms with E-state index in [1.165, 1.54) is 51.4 Å². The Morgan fingerprint density at radius 3 is 1.74 bits per heavy atom. The van der Waals surface area contributed by atoms with Crippen molar-refractivity contribution in [1.82, 2.24) is 0 Å². The monoisotopic (exact) mass is 474 g/mol. The van der Waals surface area contributed by atoms with Crippen LogP contribution in [0.25, 0.3) is 0 Å². The quantitative estimate of drug-likeness (QED) is 0.160. The van der Waals surface area contributed by atoms with Crippen molar-refractivity contribution < 1.29 is 24.2 Å². The minimum Gasteiger partial charge on any atom is -0.456 e. The van der Waals surface area contributed by atoms with Gasteiger partial charge in [-0.3, -0.25) is 4.79 Å². The van der Waals surface area contributed by atoms with E-state index in [0.717, 1.165) is 19.3 Å². The number of unbranched alkanes of at least 4 members (excludes halogenated alkanes) is 10. The number of ether oxygens (including phenoxy) is 2. The topological polar surface area (TPSA) is 72.8 Å². The van der Waals surface area contributed by atoms with Gasteiger partial charge >= 0.3 is 11.9 Å². The van der Waals surface area contributed by atoms with Crippen LogP contribution in [0.3, 0.4) is 0 Å². The molecular weight excluding hydrogens is 440 g/mol. The summed E-state index contributed by atoms with van der Waals surface area (Å²) in [5, 5.41) is 9.34. The fraction of sp³-hybridized carbons (Fsp3) is 0.533. The Hall–Kier alpha value is -3.74. The number of aliphatic hydroxyl groups is 1. The molecule has 5 nitrogen and oxygen atoms in total. The third-order valence-corrected chi connectivity index (χ3v) is 4.62. The Balaban J connectivity index is 3.98. The van der Waals surface area contributed by atoms with E-state index in [2.05, 4.69) is 72.0 Å². The molecule has 0 spiro atoms. The Morgan fingerprint density at radius 2 is 1.23 bits per heavy atom. The van der Waals surface area contributed by atoms with Crippen molar-refractivity contribution in [3.05, 3.63) is 0 Å². The van der Waals surface area contributed by atoms with Gasteiger partial charge in [0.1, 0.15) is 6.61 Å². The molecule has 5 heteroatoms. The van der Waals surface area contributed by atoms with Crippen LogP contribution in [-0.2, 0) is 19.1 Å². The Bertz CT molecular complexity index is 975. The molecule has 0 aliphatic heterocycles. The minimum absolute atomic E-state index is 0.277. The van der Waals surface area contributed by atoms with Gasteiger partial charge in [0.05, 0.1) is 6.61 Å². The molecule has 0 unspecified atom stereocenters. The van der Waals surface area contributed by atoms with Crippen LogP contribution in [0.15, 0.2) is 0 Å². The van der Waals surface area contributed by atoms with Crippen molar-refractivity contribution in [3.63, 3.8) is 0 Å². The van der Waals surface area contributed by atoms with Crippen molar-refractivity contribution in [2.45, 2.75) is 90.1 Å². The van der Waals surface area contributed by atoms with Gasteiger partial charge in [0.15, 0.2) is 6.10 Å². The molecule has 0 radical (unpaired) electrons. The molecule has 0 bridgehead atoms. The molecule has 0 amide bonds. The summed E-state index contributed by atoms with van der Waals surface area (Å²) >= 11 is 0. The van der Waals surface area contributed by atoms with Gasteiger partial charge in [0, 0.05) is 12.3 Å². The van der Waals surface area contributed by atoms with Crippen molar-refractivity contribution in [2.75, 3.05) is 13.2 Å². The lowest BCUT2D eigenvalue weighted by Crippen LogP contribution is -2.28. The largest absolute Gasteiger partial charge is 0.456 e. The van der Waals surface area contributed by atoms with Crippen molar-refractivity contribution in [3.8, 4) is 71.5 Å². The molecule has 0 aromatic rings. The Labute approximate surface area is 211 Å². The molecule has 35 heavy (non-hydrogen) atoms. The highest BCUT2D eigenvalue weighted by Crippen LogP contribution is 2.12. The molecular formula is C30H34O5. The summed E-state index contributed by atoms with van der Waals surface area (Å²) in [5.74, 6) is 24.4. The summed E-state index contributed by atoms with van der Waals surface area (Å²) in [6.07, 6.45) is 17.4. The van der Waals surface area contributed by atoms with Crippen LogP contribution >= 0.6 is 0 Å². The lowest BCUT2D eigenvalue weighted by atomic mass is 10.1. The molecule has 0 rings (SSSR count).